The smallest absolute Gasteiger partial charge is 0.123 e. The maximum absolute atomic E-state index is 13.0. The number of hydrogen-bond acceptors (Lipinski definition) is 1. The molecule has 20 heavy (non-hydrogen) atoms. The number of rotatable bonds is 7. The van der Waals surface area contributed by atoms with Crippen LogP contribution < -0.4 is 5.32 Å². The van der Waals surface area contributed by atoms with Crippen molar-refractivity contribution in [3.05, 3.63) is 35.6 Å². The lowest BCUT2D eigenvalue weighted by Gasteiger charge is -2.22. The van der Waals surface area contributed by atoms with E-state index in [4.69, 9.17) is 0 Å². The van der Waals surface area contributed by atoms with Gasteiger partial charge in [-0.25, -0.2) is 4.39 Å². The Balaban J connectivity index is 1.91. The van der Waals surface area contributed by atoms with E-state index in [2.05, 4.69) is 19.2 Å². The molecule has 1 atom stereocenters. The van der Waals surface area contributed by atoms with Gasteiger partial charge in [0, 0.05) is 6.04 Å². The van der Waals surface area contributed by atoms with E-state index in [9.17, 15) is 4.39 Å². The van der Waals surface area contributed by atoms with E-state index in [0.29, 0.717) is 12.0 Å². The van der Waals surface area contributed by atoms with Gasteiger partial charge in [0.1, 0.15) is 5.82 Å². The molecule has 1 aliphatic rings. The molecule has 1 nitrogen and oxygen atoms in total. The van der Waals surface area contributed by atoms with Gasteiger partial charge in [0.05, 0.1) is 0 Å². The standard InChI is InChI=1S/C18H28FN/c1-14(2)20-13-17(11-15-5-3-4-6-15)12-16-7-9-18(19)10-8-16/h7-10,14-15,17,20H,3-6,11-13H2,1-2H3. The Morgan fingerprint density at radius 2 is 1.80 bits per heavy atom. The Hall–Kier alpha value is -0.890. The summed E-state index contributed by atoms with van der Waals surface area (Å²) in [7, 11) is 0. The molecule has 1 N–H and O–H groups in total. The van der Waals surface area contributed by atoms with Crippen molar-refractivity contribution in [2.45, 2.75) is 58.4 Å². The maximum atomic E-state index is 13.0. The highest BCUT2D eigenvalue weighted by molar-refractivity contribution is 5.16. The van der Waals surface area contributed by atoms with Crippen LogP contribution in [0.4, 0.5) is 4.39 Å². The quantitative estimate of drug-likeness (QED) is 0.770. The number of hydrogen-bond donors (Lipinski definition) is 1. The monoisotopic (exact) mass is 277 g/mol. The van der Waals surface area contributed by atoms with Crippen LogP contribution in [0, 0.1) is 17.7 Å². The summed E-state index contributed by atoms with van der Waals surface area (Å²) >= 11 is 0. The molecule has 0 aromatic heterocycles. The summed E-state index contributed by atoms with van der Waals surface area (Å²) in [4.78, 5) is 0. The Morgan fingerprint density at radius 3 is 2.40 bits per heavy atom. The van der Waals surface area contributed by atoms with Gasteiger partial charge in [0.2, 0.25) is 0 Å². The zero-order valence-electron chi connectivity index (χ0n) is 12.9. The van der Waals surface area contributed by atoms with E-state index >= 15 is 0 Å². The van der Waals surface area contributed by atoms with Crippen molar-refractivity contribution in [3.63, 3.8) is 0 Å². The van der Waals surface area contributed by atoms with Crippen LogP contribution in [0.5, 0.6) is 0 Å². The first kappa shape index (κ1) is 15.5. The average Bonchev–Trinajstić information content (AvgIpc) is 2.91. The fourth-order valence-electron chi connectivity index (χ4n) is 3.31. The summed E-state index contributed by atoms with van der Waals surface area (Å²) in [5.41, 5.74) is 1.26. The maximum Gasteiger partial charge on any atom is 0.123 e. The third-order valence-electron chi connectivity index (χ3n) is 4.39. The van der Waals surface area contributed by atoms with E-state index in [0.717, 1.165) is 18.9 Å². The van der Waals surface area contributed by atoms with Crippen molar-refractivity contribution in [2.24, 2.45) is 11.8 Å². The summed E-state index contributed by atoms with van der Waals surface area (Å²) in [6.07, 6.45) is 8.01. The average molecular weight is 277 g/mol. The second-order valence-corrected chi connectivity index (χ2v) is 6.65. The predicted octanol–water partition coefficient (Wildman–Crippen LogP) is 4.56. The summed E-state index contributed by atoms with van der Waals surface area (Å²) in [6, 6.07) is 7.57. The van der Waals surface area contributed by atoms with E-state index in [1.165, 1.54) is 37.7 Å². The Kier molecular flexibility index (Phi) is 6.03. The molecule has 2 heteroatoms. The SMILES string of the molecule is CC(C)NCC(Cc1ccc(F)cc1)CC1CCCC1. The van der Waals surface area contributed by atoms with Crippen molar-refractivity contribution in [1.29, 1.82) is 0 Å². The Bertz CT molecular complexity index is 379. The third kappa shape index (κ3) is 5.24. The van der Waals surface area contributed by atoms with Crippen LogP contribution in [-0.2, 0) is 6.42 Å². The predicted molar refractivity (Wildman–Crippen MR) is 83.3 cm³/mol. The van der Waals surface area contributed by atoms with Crippen LogP contribution in [0.15, 0.2) is 24.3 Å². The van der Waals surface area contributed by atoms with Crippen molar-refractivity contribution in [2.75, 3.05) is 6.54 Å². The summed E-state index contributed by atoms with van der Waals surface area (Å²) in [6.45, 7) is 5.47. The van der Waals surface area contributed by atoms with Crippen LogP contribution in [0.2, 0.25) is 0 Å². The minimum absolute atomic E-state index is 0.138. The highest BCUT2D eigenvalue weighted by atomic mass is 19.1. The molecule has 2 rings (SSSR count). The minimum Gasteiger partial charge on any atom is -0.314 e. The molecule has 0 amide bonds. The zero-order chi connectivity index (χ0) is 14.4. The van der Waals surface area contributed by atoms with E-state index in [-0.39, 0.29) is 5.82 Å². The van der Waals surface area contributed by atoms with Gasteiger partial charge in [-0.05, 0) is 48.9 Å². The van der Waals surface area contributed by atoms with Gasteiger partial charge in [0.25, 0.3) is 0 Å². The first-order chi connectivity index (χ1) is 9.63. The zero-order valence-corrected chi connectivity index (χ0v) is 12.9. The summed E-state index contributed by atoms with van der Waals surface area (Å²) in [5, 5.41) is 3.58. The van der Waals surface area contributed by atoms with Crippen LogP contribution in [0.3, 0.4) is 0 Å². The van der Waals surface area contributed by atoms with Crippen LogP contribution in [0.25, 0.3) is 0 Å². The van der Waals surface area contributed by atoms with E-state index in [1.54, 1.807) is 12.1 Å². The van der Waals surface area contributed by atoms with Crippen molar-refractivity contribution in [1.82, 2.24) is 5.32 Å². The first-order valence-electron chi connectivity index (χ1n) is 8.11. The van der Waals surface area contributed by atoms with Crippen molar-refractivity contribution >= 4 is 0 Å². The molecular weight excluding hydrogens is 249 g/mol. The lowest BCUT2D eigenvalue weighted by atomic mass is 9.88. The van der Waals surface area contributed by atoms with Crippen LogP contribution >= 0.6 is 0 Å². The minimum atomic E-state index is -0.138. The highest BCUT2D eigenvalue weighted by Gasteiger charge is 2.20. The largest absolute Gasteiger partial charge is 0.314 e. The van der Waals surface area contributed by atoms with Gasteiger partial charge in [-0.15, -0.1) is 0 Å². The second kappa shape index (κ2) is 7.78. The molecule has 0 bridgehead atoms. The molecule has 1 aromatic carbocycles. The second-order valence-electron chi connectivity index (χ2n) is 6.65. The molecule has 1 fully saturated rings. The van der Waals surface area contributed by atoms with Gasteiger partial charge in [0.15, 0.2) is 0 Å². The lowest BCUT2D eigenvalue weighted by Crippen LogP contribution is -2.30. The normalized spacial score (nSPS) is 17.8. The fourth-order valence-corrected chi connectivity index (χ4v) is 3.31. The lowest BCUT2D eigenvalue weighted by molar-refractivity contribution is 0.348. The van der Waals surface area contributed by atoms with Crippen LogP contribution in [0.1, 0.15) is 51.5 Å². The molecule has 1 aliphatic carbocycles. The van der Waals surface area contributed by atoms with Crippen molar-refractivity contribution < 1.29 is 4.39 Å². The number of halogens is 1. The Labute approximate surface area is 123 Å². The fraction of sp³-hybridized carbons (Fsp3) is 0.667. The summed E-state index contributed by atoms with van der Waals surface area (Å²) in [5.74, 6) is 1.45. The van der Waals surface area contributed by atoms with Gasteiger partial charge < -0.3 is 5.32 Å². The molecule has 1 saturated carbocycles. The highest BCUT2D eigenvalue weighted by Crippen LogP contribution is 2.31. The Morgan fingerprint density at radius 1 is 1.15 bits per heavy atom. The van der Waals surface area contributed by atoms with Gasteiger partial charge in [-0.3, -0.25) is 0 Å². The van der Waals surface area contributed by atoms with Crippen molar-refractivity contribution in [3.8, 4) is 0 Å². The number of nitrogens with one attached hydrogen (secondary N) is 1. The first-order valence-corrected chi connectivity index (χ1v) is 8.11. The molecule has 1 unspecified atom stereocenters. The summed E-state index contributed by atoms with van der Waals surface area (Å²) < 4.78 is 13.0. The van der Waals surface area contributed by atoms with E-state index < -0.39 is 0 Å². The molecule has 0 spiro atoms. The van der Waals surface area contributed by atoms with Gasteiger partial charge >= 0.3 is 0 Å². The third-order valence-corrected chi connectivity index (χ3v) is 4.39. The van der Waals surface area contributed by atoms with Crippen LogP contribution in [-0.4, -0.2) is 12.6 Å². The molecule has 112 valence electrons. The topological polar surface area (TPSA) is 12.0 Å². The van der Waals surface area contributed by atoms with E-state index in [1.807, 2.05) is 12.1 Å². The molecule has 0 heterocycles. The van der Waals surface area contributed by atoms with Gasteiger partial charge in [-0.2, -0.15) is 0 Å². The molecule has 0 saturated heterocycles. The molecule has 0 aliphatic heterocycles. The molecule has 0 radical (unpaired) electrons. The van der Waals surface area contributed by atoms with Gasteiger partial charge in [-0.1, -0.05) is 51.7 Å². The molecular formula is C18H28FN. The number of benzene rings is 1. The molecule has 1 aromatic rings.